The Morgan fingerprint density at radius 2 is 0.979 bits per heavy atom. The van der Waals surface area contributed by atoms with Gasteiger partial charge in [-0.3, -0.25) is 9.59 Å². The summed E-state index contributed by atoms with van der Waals surface area (Å²) in [6.45, 7) is 18.8. The van der Waals surface area contributed by atoms with Gasteiger partial charge in [0.05, 0.1) is 48.4 Å². The summed E-state index contributed by atoms with van der Waals surface area (Å²) in [4.78, 5) is 99.9. The number of rotatable bonds is 7. The van der Waals surface area contributed by atoms with Gasteiger partial charge in [-0.1, -0.05) is 86.7 Å². The van der Waals surface area contributed by atoms with E-state index in [0.717, 1.165) is 25.7 Å². The Morgan fingerprint density at radius 3 is 1.39 bits per heavy atom. The Labute approximate surface area is 576 Å². The van der Waals surface area contributed by atoms with Gasteiger partial charge in [-0.25, -0.2) is 42.1 Å². The van der Waals surface area contributed by atoms with Crippen LogP contribution < -0.4 is 29.6 Å². The standard InChI is InChI=1S/C35H45F2N4O6.C34H43F2N4O6.2V/c1-6-21-26(18-42)41-17-28(21)46-31-29(38-24-12-11-20(45-7-2)16-25(24)39-31)35(36,37)13-9-8-10-22-23-14-19(23)15-27(22)47-33(44)40-30(32(41)43)34(3,4)5;1-6-44-20-10-11-23-24(15-20)38-30-28(37-23)34(35,36)12-8-7-9-21-22-13-19(22)14-26(21)46-32(43)39-29(33(3,4)5)31(42)40-16-27(45-30)18(2)25(40)17-41;;/h11-12,16,19,21-23,26-28,30H,6-10,13-15,17H2,1-5H3,(H,40,44);10-11,15,18-19,21-22,25-27,29H,6-9,12-14,16H2,1-5H3,(H,39,43);;/q2*-1;;/t19?,21-,22+,23?,26+,27+,28-,30+;18-,19?,21+,22?,25+,26+,27-,29+;;/m00../s1. The van der Waals surface area contributed by atoms with Crippen molar-refractivity contribution >= 4 is 58.6 Å². The second-order valence-electron chi connectivity index (χ2n) is 29.1. The molecule has 2 radical (unpaired) electrons. The van der Waals surface area contributed by atoms with E-state index in [-0.39, 0.29) is 110 Å². The molecule has 0 spiro atoms. The van der Waals surface area contributed by atoms with Gasteiger partial charge in [-0.05, 0) is 148 Å². The predicted molar refractivity (Wildman–Crippen MR) is 333 cm³/mol. The third-order valence-electron chi connectivity index (χ3n) is 20.6. The summed E-state index contributed by atoms with van der Waals surface area (Å²) in [7, 11) is 0. The first kappa shape index (κ1) is 73.3. The molecule has 2 saturated heterocycles. The fourth-order valence-corrected chi connectivity index (χ4v) is 15.4. The van der Waals surface area contributed by atoms with Crippen LogP contribution in [-0.4, -0.2) is 141 Å². The second-order valence-corrected chi connectivity index (χ2v) is 29.1. The molecule has 16 atom stereocenters. The number of nitrogens with one attached hydrogen (secondary N) is 2. The minimum Gasteiger partial charge on any atom is -0.540 e. The SMILES string of the molecule is CCOc1ccc2nc3c(nc2c1)O[C@H]1CN(C(=O)[C@H](C(C)(C)C)NC(=O)O[C@@H]2CC4CC4[C@H]2CCCCC3(F)F)[C@H]([C-]=O)[C@@H]1C.CCOc1ccc2nc3c(nc2c1)O[C@H]1CN(C(=O)[C@H](C(C)(C)C)NC(=O)O[C@@H]2CC4CC4[C@H]2CCCCC3(F)F)[C@H]([C-]=O)[C@@H]1CC.[V].[V]. The Bertz CT molecular complexity index is 3470. The fourth-order valence-electron chi connectivity index (χ4n) is 15.4. The number of nitrogens with zero attached hydrogens (tertiary/aromatic N) is 6. The first-order chi connectivity index (χ1) is 44.1. The Kier molecular flexibility index (Phi) is 22.5. The van der Waals surface area contributed by atoms with Gasteiger partial charge in [0.2, 0.25) is 23.6 Å². The molecule has 8 aliphatic rings. The van der Waals surface area contributed by atoms with Crippen molar-refractivity contribution in [3.8, 4) is 23.3 Å². The minimum absolute atomic E-state index is 0. The van der Waals surface area contributed by atoms with Crippen LogP contribution in [0.25, 0.3) is 22.1 Å². The number of amides is 4. The van der Waals surface area contributed by atoms with Crippen molar-refractivity contribution in [2.45, 2.75) is 213 Å². The number of halogens is 4. The van der Waals surface area contributed by atoms with Crippen LogP contribution in [0.4, 0.5) is 27.2 Å². The molecule has 4 aliphatic carbocycles. The summed E-state index contributed by atoms with van der Waals surface area (Å²) in [6, 6.07) is 5.69. The Morgan fingerprint density at radius 1 is 0.558 bits per heavy atom. The average molecular weight is 1400 g/mol. The molecular formula is C69H88F4N8O12V2-2. The maximum absolute atomic E-state index is 16.2. The summed E-state index contributed by atoms with van der Waals surface area (Å²) in [5.74, 6) is -6.58. The molecule has 4 saturated carbocycles. The number of alkyl carbamates (subject to hydrolysis) is 2. The van der Waals surface area contributed by atoms with Gasteiger partial charge in [0, 0.05) is 62.1 Å². The van der Waals surface area contributed by atoms with Crippen LogP contribution in [-0.2, 0) is 77.6 Å². The van der Waals surface area contributed by atoms with Crippen molar-refractivity contribution in [2.75, 3.05) is 26.3 Å². The normalized spacial score (nSPS) is 32.1. The zero-order valence-corrected chi connectivity index (χ0v) is 58.5. The van der Waals surface area contributed by atoms with Gasteiger partial charge in [0.25, 0.3) is 11.8 Å². The first-order valence-electron chi connectivity index (χ1n) is 33.4. The van der Waals surface area contributed by atoms with E-state index in [2.05, 4.69) is 30.6 Å². The molecule has 20 nitrogen and oxygen atoms in total. The van der Waals surface area contributed by atoms with Crippen LogP contribution >= 0.6 is 0 Å². The number of carbonyl (C=O) groups excluding carboxylic acids is 6. The maximum atomic E-state index is 16.2. The third-order valence-corrected chi connectivity index (χ3v) is 20.6. The quantitative estimate of drug-likeness (QED) is 0.129. The van der Waals surface area contributed by atoms with Crippen molar-refractivity contribution in [3.63, 3.8) is 0 Å². The van der Waals surface area contributed by atoms with Gasteiger partial charge >= 0.3 is 12.2 Å². The first-order valence-corrected chi connectivity index (χ1v) is 33.4. The summed E-state index contributed by atoms with van der Waals surface area (Å²) in [6.07, 6.45) is 6.11. The van der Waals surface area contributed by atoms with E-state index in [0.29, 0.717) is 91.5 Å². The van der Waals surface area contributed by atoms with Crippen molar-refractivity contribution < 1.29 is 112 Å². The van der Waals surface area contributed by atoms with E-state index in [4.69, 9.17) is 28.4 Å². The molecule has 4 aromatic rings. The van der Waals surface area contributed by atoms with E-state index in [1.807, 2.05) is 74.9 Å². The number of hydrogen-bond donors (Lipinski definition) is 2. The third kappa shape index (κ3) is 15.7. The summed E-state index contributed by atoms with van der Waals surface area (Å²) in [5.41, 5.74) is -1.41. The monoisotopic (exact) mass is 1400 g/mol. The number of benzene rings is 2. The molecule has 4 unspecified atom stereocenters. The van der Waals surface area contributed by atoms with Gasteiger partial charge in [-0.15, -0.1) is 0 Å². The number of alkyl halides is 4. The Balaban J connectivity index is 0.000000219. The van der Waals surface area contributed by atoms with Crippen LogP contribution in [0, 0.1) is 58.2 Å². The van der Waals surface area contributed by atoms with Crippen molar-refractivity contribution in [2.24, 2.45) is 58.2 Å². The molecule has 4 aliphatic heterocycles. The number of hydrogen-bond acceptors (Lipinski definition) is 16. The van der Waals surface area contributed by atoms with E-state index >= 15 is 17.6 Å². The zero-order valence-electron chi connectivity index (χ0n) is 55.7. The molecule has 516 valence electrons. The molecule has 2 aromatic carbocycles. The number of fused-ring (bicyclic) bond motifs is 14. The van der Waals surface area contributed by atoms with Gasteiger partial charge < -0.3 is 58.4 Å². The van der Waals surface area contributed by atoms with Crippen LogP contribution in [0.3, 0.4) is 0 Å². The van der Waals surface area contributed by atoms with Gasteiger partial charge in [-0.2, -0.15) is 17.6 Å². The van der Waals surface area contributed by atoms with Crippen molar-refractivity contribution in [3.05, 3.63) is 47.8 Å². The van der Waals surface area contributed by atoms with Crippen LogP contribution in [0.1, 0.15) is 164 Å². The molecule has 4 bridgehead atoms. The van der Waals surface area contributed by atoms with Crippen LogP contribution in [0.15, 0.2) is 36.4 Å². The predicted octanol–water partition coefficient (Wildman–Crippen LogP) is 11.5. The van der Waals surface area contributed by atoms with E-state index in [1.165, 1.54) is 9.80 Å². The molecule has 12 rings (SSSR count). The summed E-state index contributed by atoms with van der Waals surface area (Å²) >= 11 is 0. The molecule has 6 fully saturated rings. The van der Waals surface area contributed by atoms with Crippen LogP contribution in [0.5, 0.6) is 23.3 Å². The van der Waals surface area contributed by atoms with Crippen molar-refractivity contribution in [1.29, 1.82) is 0 Å². The molecule has 6 heterocycles. The zero-order chi connectivity index (χ0) is 66.6. The molecule has 2 N–H and O–H groups in total. The summed E-state index contributed by atoms with van der Waals surface area (Å²) in [5, 5.41) is 5.62. The maximum Gasteiger partial charge on any atom is 0.408 e. The largest absolute Gasteiger partial charge is 0.540 e. The van der Waals surface area contributed by atoms with E-state index in [9.17, 15) is 28.8 Å². The van der Waals surface area contributed by atoms with E-state index < -0.39 is 119 Å². The fraction of sp³-hybridized carbons (Fsp3) is 0.681. The van der Waals surface area contributed by atoms with Crippen molar-refractivity contribution in [1.82, 2.24) is 40.4 Å². The molecule has 95 heavy (non-hydrogen) atoms. The topological polar surface area (TPSA) is 240 Å². The van der Waals surface area contributed by atoms with Crippen LogP contribution in [0.2, 0.25) is 0 Å². The number of carbonyl (C=O) groups is 4. The molecule has 26 heteroatoms. The molecular weight excluding hydrogens is 1310 g/mol. The van der Waals surface area contributed by atoms with E-state index in [1.54, 1.807) is 43.3 Å². The minimum atomic E-state index is -3.36. The number of ether oxygens (including phenoxy) is 6. The Hall–Kier alpha value is -5.97. The van der Waals surface area contributed by atoms with Gasteiger partial charge in [0.1, 0.15) is 48.0 Å². The molecule has 4 amide bonds. The smallest absolute Gasteiger partial charge is 0.408 e. The van der Waals surface area contributed by atoms with Gasteiger partial charge in [0.15, 0.2) is 11.4 Å². The second kappa shape index (κ2) is 29.2. The summed E-state index contributed by atoms with van der Waals surface area (Å²) < 4.78 is 100.0. The number of aromatic nitrogens is 4. The molecule has 2 aromatic heterocycles. The average Bonchev–Trinajstić information content (AvgIpc) is 1.70.